The van der Waals surface area contributed by atoms with Crippen molar-refractivity contribution in [3.63, 3.8) is 0 Å². The Morgan fingerprint density at radius 1 is 1.07 bits per heavy atom. The fourth-order valence-corrected chi connectivity index (χ4v) is 3.96. The van der Waals surface area contributed by atoms with E-state index in [4.69, 9.17) is 4.74 Å². The van der Waals surface area contributed by atoms with Gasteiger partial charge in [0.05, 0.1) is 0 Å². The fourth-order valence-electron chi connectivity index (χ4n) is 3.28. The summed E-state index contributed by atoms with van der Waals surface area (Å²) in [7, 11) is 2.15. The number of aryl methyl sites for hydroxylation is 1. The molecule has 0 unspecified atom stereocenters. The Kier molecular flexibility index (Phi) is 6.30. The van der Waals surface area contributed by atoms with Gasteiger partial charge in [-0.15, -0.1) is 11.3 Å². The summed E-state index contributed by atoms with van der Waals surface area (Å²) in [5.41, 5.74) is 3.55. The molecule has 156 valence electrons. The van der Waals surface area contributed by atoms with Crippen LogP contribution in [0.1, 0.15) is 21.1 Å². The quantitative estimate of drug-likeness (QED) is 0.650. The van der Waals surface area contributed by atoms with Gasteiger partial charge in [0.1, 0.15) is 23.1 Å². The van der Waals surface area contributed by atoms with Gasteiger partial charge in [0, 0.05) is 42.9 Å². The van der Waals surface area contributed by atoms with E-state index in [-0.39, 0.29) is 5.91 Å². The molecule has 1 aliphatic rings. The van der Waals surface area contributed by atoms with Crippen LogP contribution in [-0.2, 0) is 6.61 Å². The standard InChI is InChI=1S/C23H26N4O2S/c1-17-3-9-20(10-4-17)29-15-22-25-21(16-30-22)23(28)24-18-5-7-19(8-6-18)27-13-11-26(2)12-14-27/h3-10,16H,11-15H2,1-2H3,(H,24,28). The van der Waals surface area contributed by atoms with Gasteiger partial charge in [-0.3, -0.25) is 4.79 Å². The zero-order valence-corrected chi connectivity index (χ0v) is 18.1. The monoisotopic (exact) mass is 422 g/mol. The van der Waals surface area contributed by atoms with Crippen LogP contribution in [-0.4, -0.2) is 49.0 Å². The number of nitrogens with one attached hydrogen (secondary N) is 1. The summed E-state index contributed by atoms with van der Waals surface area (Å²) in [6, 6.07) is 15.9. The van der Waals surface area contributed by atoms with Crippen molar-refractivity contribution in [1.29, 1.82) is 0 Å². The number of ether oxygens (including phenoxy) is 1. The van der Waals surface area contributed by atoms with Crippen molar-refractivity contribution in [2.24, 2.45) is 0 Å². The van der Waals surface area contributed by atoms with Crippen molar-refractivity contribution in [1.82, 2.24) is 9.88 Å². The number of anilines is 2. The molecule has 1 N–H and O–H groups in total. The third-order valence-electron chi connectivity index (χ3n) is 5.16. The van der Waals surface area contributed by atoms with Crippen molar-refractivity contribution in [2.45, 2.75) is 13.5 Å². The van der Waals surface area contributed by atoms with E-state index in [0.717, 1.165) is 42.6 Å². The van der Waals surface area contributed by atoms with E-state index in [2.05, 4.69) is 39.3 Å². The number of carbonyl (C=O) groups excluding carboxylic acids is 1. The molecular weight excluding hydrogens is 396 g/mol. The maximum Gasteiger partial charge on any atom is 0.275 e. The molecule has 7 heteroatoms. The van der Waals surface area contributed by atoms with Crippen LogP contribution in [0.2, 0.25) is 0 Å². The van der Waals surface area contributed by atoms with Crippen molar-refractivity contribution in [2.75, 3.05) is 43.4 Å². The first-order chi connectivity index (χ1) is 14.6. The van der Waals surface area contributed by atoms with Gasteiger partial charge in [0.15, 0.2) is 0 Å². The molecule has 0 spiro atoms. The third kappa shape index (κ3) is 5.17. The second kappa shape index (κ2) is 9.28. The first-order valence-corrected chi connectivity index (χ1v) is 10.9. The van der Waals surface area contributed by atoms with Gasteiger partial charge >= 0.3 is 0 Å². The number of thiazole rings is 1. The number of aromatic nitrogens is 1. The lowest BCUT2D eigenvalue weighted by atomic mass is 10.2. The van der Waals surface area contributed by atoms with Crippen LogP contribution >= 0.6 is 11.3 Å². The van der Waals surface area contributed by atoms with Crippen LogP contribution in [0.5, 0.6) is 5.75 Å². The highest BCUT2D eigenvalue weighted by molar-refractivity contribution is 7.09. The Morgan fingerprint density at radius 2 is 1.77 bits per heavy atom. The molecule has 0 atom stereocenters. The second-order valence-corrected chi connectivity index (χ2v) is 8.46. The van der Waals surface area contributed by atoms with E-state index in [1.807, 2.05) is 43.3 Å². The molecule has 1 saturated heterocycles. The topological polar surface area (TPSA) is 57.7 Å². The van der Waals surface area contributed by atoms with Crippen LogP contribution in [0.25, 0.3) is 0 Å². The number of nitrogens with zero attached hydrogens (tertiary/aromatic N) is 3. The van der Waals surface area contributed by atoms with Crippen LogP contribution in [0.15, 0.2) is 53.9 Å². The SMILES string of the molecule is Cc1ccc(OCc2nc(C(=O)Nc3ccc(N4CCN(C)CC4)cc3)cs2)cc1. The summed E-state index contributed by atoms with van der Waals surface area (Å²) >= 11 is 1.42. The van der Waals surface area contributed by atoms with Gasteiger partial charge in [-0.1, -0.05) is 17.7 Å². The van der Waals surface area contributed by atoms with Gasteiger partial charge in [0.25, 0.3) is 5.91 Å². The molecule has 1 aromatic heterocycles. The van der Waals surface area contributed by atoms with Crippen molar-refractivity contribution >= 4 is 28.6 Å². The van der Waals surface area contributed by atoms with Crippen molar-refractivity contribution in [3.8, 4) is 5.75 Å². The van der Waals surface area contributed by atoms with Crippen molar-refractivity contribution in [3.05, 3.63) is 70.2 Å². The number of hydrogen-bond acceptors (Lipinski definition) is 6. The molecule has 1 amide bonds. The van der Waals surface area contributed by atoms with Gasteiger partial charge in [-0.2, -0.15) is 0 Å². The second-order valence-electron chi connectivity index (χ2n) is 7.52. The molecule has 0 saturated carbocycles. The number of amides is 1. The Labute approximate surface area is 181 Å². The number of hydrogen-bond donors (Lipinski definition) is 1. The molecule has 1 aliphatic heterocycles. The van der Waals surface area contributed by atoms with Gasteiger partial charge in [-0.25, -0.2) is 4.98 Å². The lowest BCUT2D eigenvalue weighted by Crippen LogP contribution is -2.44. The molecule has 3 aromatic rings. The van der Waals surface area contributed by atoms with E-state index in [9.17, 15) is 4.79 Å². The largest absolute Gasteiger partial charge is 0.486 e. The molecule has 4 rings (SSSR count). The molecule has 0 radical (unpaired) electrons. The Hall–Kier alpha value is -2.90. The summed E-state index contributed by atoms with van der Waals surface area (Å²) in [5, 5.41) is 5.46. The van der Waals surface area contributed by atoms with Gasteiger partial charge in [-0.05, 0) is 50.4 Å². The first kappa shape index (κ1) is 20.4. The number of benzene rings is 2. The maximum absolute atomic E-state index is 12.5. The third-order valence-corrected chi connectivity index (χ3v) is 5.98. The number of likely N-dealkylation sites (N-methyl/N-ethyl adjacent to an activating group) is 1. The van der Waals surface area contributed by atoms with E-state index in [0.29, 0.717) is 12.3 Å². The average molecular weight is 423 g/mol. The number of carbonyl (C=O) groups is 1. The minimum absolute atomic E-state index is 0.208. The van der Waals surface area contributed by atoms with Crippen molar-refractivity contribution < 1.29 is 9.53 Å². The zero-order valence-electron chi connectivity index (χ0n) is 17.3. The van der Waals surface area contributed by atoms with E-state index >= 15 is 0 Å². The normalized spacial score (nSPS) is 14.5. The summed E-state index contributed by atoms with van der Waals surface area (Å²) in [4.78, 5) is 21.6. The summed E-state index contributed by atoms with van der Waals surface area (Å²) < 4.78 is 5.74. The molecule has 2 heterocycles. The molecule has 1 fully saturated rings. The Morgan fingerprint density at radius 3 is 2.47 bits per heavy atom. The molecule has 0 aliphatic carbocycles. The van der Waals surface area contributed by atoms with E-state index in [1.54, 1.807) is 5.38 Å². The van der Waals surface area contributed by atoms with Gasteiger partial charge < -0.3 is 19.9 Å². The minimum atomic E-state index is -0.208. The highest BCUT2D eigenvalue weighted by Crippen LogP contribution is 2.21. The highest BCUT2D eigenvalue weighted by Gasteiger charge is 2.15. The summed E-state index contributed by atoms with van der Waals surface area (Å²) in [6.45, 7) is 6.57. The predicted octanol–water partition coefficient (Wildman–Crippen LogP) is 4.03. The lowest BCUT2D eigenvalue weighted by Gasteiger charge is -2.34. The summed E-state index contributed by atoms with van der Waals surface area (Å²) in [5.74, 6) is 0.586. The predicted molar refractivity (Wildman–Crippen MR) is 122 cm³/mol. The number of rotatable bonds is 6. The number of piperazine rings is 1. The Balaban J connectivity index is 1.31. The first-order valence-electron chi connectivity index (χ1n) is 10.1. The fraction of sp³-hybridized carbons (Fsp3) is 0.304. The molecular formula is C23H26N4O2S. The Bertz CT molecular complexity index is 977. The maximum atomic E-state index is 12.5. The molecule has 6 nitrogen and oxygen atoms in total. The van der Waals surface area contributed by atoms with Crippen LogP contribution in [0.3, 0.4) is 0 Å². The molecule has 0 bridgehead atoms. The lowest BCUT2D eigenvalue weighted by molar-refractivity contribution is 0.102. The van der Waals surface area contributed by atoms with Gasteiger partial charge in [0.2, 0.25) is 0 Å². The minimum Gasteiger partial charge on any atom is -0.486 e. The van der Waals surface area contributed by atoms with Crippen LogP contribution in [0, 0.1) is 6.92 Å². The molecule has 2 aromatic carbocycles. The molecule has 30 heavy (non-hydrogen) atoms. The smallest absolute Gasteiger partial charge is 0.275 e. The highest BCUT2D eigenvalue weighted by atomic mass is 32.1. The van der Waals surface area contributed by atoms with E-state index in [1.165, 1.54) is 22.6 Å². The average Bonchev–Trinajstić information content (AvgIpc) is 3.24. The summed E-state index contributed by atoms with van der Waals surface area (Å²) in [6.07, 6.45) is 0. The van der Waals surface area contributed by atoms with Crippen LogP contribution < -0.4 is 15.0 Å². The van der Waals surface area contributed by atoms with Crippen LogP contribution in [0.4, 0.5) is 11.4 Å². The zero-order chi connectivity index (χ0) is 20.9. The van der Waals surface area contributed by atoms with E-state index < -0.39 is 0 Å².